The molecule has 0 bridgehead atoms. The van der Waals surface area contributed by atoms with Gasteiger partial charge in [-0.05, 0) is 0 Å². The maximum atomic E-state index is 2.66. The minimum Gasteiger partial charge on any atom is -1.00 e. The molecule has 2 rings (SSSR count). The van der Waals surface area contributed by atoms with E-state index in [0.717, 1.165) is 0 Å². The van der Waals surface area contributed by atoms with Gasteiger partial charge in [-0.1, -0.05) is 0 Å². The van der Waals surface area contributed by atoms with E-state index in [9.17, 15) is 0 Å². The zero-order valence-electron chi connectivity index (χ0n) is 18.5. The predicted molar refractivity (Wildman–Crippen MR) is 111 cm³/mol. The van der Waals surface area contributed by atoms with E-state index < -0.39 is 8.07 Å². The quantitative estimate of drug-likeness (QED) is 0.366. The molecule has 0 amide bonds. The Hall–Kier alpha value is 0.501. The molecular formula is C23H35Cl3SiTi. The first-order chi connectivity index (χ1) is 11.8. The van der Waals surface area contributed by atoms with Crippen molar-refractivity contribution in [2.75, 3.05) is 0 Å². The van der Waals surface area contributed by atoms with Crippen LogP contribution in [0.1, 0.15) is 63.1 Å². The summed E-state index contributed by atoms with van der Waals surface area (Å²) in [4.78, 5) is 0. The van der Waals surface area contributed by atoms with Crippen molar-refractivity contribution in [1.82, 2.24) is 0 Å². The van der Waals surface area contributed by atoms with Gasteiger partial charge in [0.1, 0.15) is 0 Å². The first kappa shape index (κ1) is 30.7. The van der Waals surface area contributed by atoms with Crippen LogP contribution in [0, 0.1) is 26.7 Å². The van der Waals surface area contributed by atoms with Crippen LogP contribution in [-0.2, 0) is 20.4 Å². The van der Waals surface area contributed by atoms with E-state index in [2.05, 4.69) is 86.7 Å². The molecule has 0 saturated heterocycles. The monoisotopic (exact) mass is 492 g/mol. The first-order valence-electron chi connectivity index (χ1n) is 10.00. The molecular weight excluding hydrogens is 459 g/mol. The maximum Gasteiger partial charge on any atom is -1.00 e. The molecule has 2 unspecified atom stereocenters. The molecule has 0 radical (unpaired) electrons. The third-order valence-electron chi connectivity index (χ3n) is 6.07. The molecule has 0 aromatic heterocycles. The van der Waals surface area contributed by atoms with E-state index in [-0.39, 0.29) is 37.2 Å². The van der Waals surface area contributed by atoms with Crippen molar-refractivity contribution in [3.8, 4) is 0 Å². The summed E-state index contributed by atoms with van der Waals surface area (Å²) in [6, 6.07) is 6.21. The Morgan fingerprint density at radius 1 is 1.04 bits per heavy atom. The standard InChI is InChI=1S/C23H35Si.3ClH.Ti/c1-8-10-14-24(7,22-13-11-12-21(22)18(4)9-2)23-19(5)15-17(3)16-20(23)6;;;;/h12,15-16,18H,8-11,14H2,1-7H3;3*1H;/q;;;;+3/p-3. The fraction of sp³-hybridized carbons (Fsp3) is 0.565. The van der Waals surface area contributed by atoms with Gasteiger partial charge in [0.05, 0.1) is 0 Å². The van der Waals surface area contributed by atoms with Crippen molar-refractivity contribution in [3.63, 3.8) is 0 Å². The van der Waals surface area contributed by atoms with Gasteiger partial charge in [0.25, 0.3) is 0 Å². The van der Waals surface area contributed by atoms with Crippen LogP contribution in [0.2, 0.25) is 12.6 Å². The Bertz CT molecular complexity index is 689. The Morgan fingerprint density at radius 2 is 1.57 bits per heavy atom. The van der Waals surface area contributed by atoms with E-state index in [1.54, 1.807) is 19.8 Å². The summed E-state index contributed by atoms with van der Waals surface area (Å²) in [6.45, 7) is 16.7. The molecule has 1 aromatic carbocycles. The third kappa shape index (κ3) is 6.25. The number of unbranched alkanes of at least 4 members (excludes halogenated alkanes) is 1. The van der Waals surface area contributed by atoms with Crippen molar-refractivity contribution in [2.45, 2.75) is 79.8 Å². The van der Waals surface area contributed by atoms with Crippen LogP contribution in [0.15, 0.2) is 32.9 Å². The third-order valence-corrected chi connectivity index (χ3v) is 12.1. The average Bonchev–Trinajstić information content (AvgIpc) is 2.93. The Labute approximate surface area is 205 Å². The predicted octanol–water partition coefficient (Wildman–Crippen LogP) is -2.57. The Kier molecular flexibility index (Phi) is 14.3. The molecule has 0 spiro atoms. The van der Waals surface area contributed by atoms with Gasteiger partial charge in [-0.3, -0.25) is 0 Å². The Balaban J connectivity index is 0. The number of hydrogen-bond donors (Lipinski definition) is 0. The van der Waals surface area contributed by atoms with Gasteiger partial charge in [-0.15, -0.1) is 0 Å². The largest absolute Gasteiger partial charge is 1.00 e. The van der Waals surface area contributed by atoms with Gasteiger partial charge in [-0.2, -0.15) is 0 Å². The first-order valence-corrected chi connectivity index (χ1v) is 13.5. The van der Waals surface area contributed by atoms with Gasteiger partial charge in [0, 0.05) is 0 Å². The van der Waals surface area contributed by atoms with Gasteiger partial charge >= 0.3 is 169 Å². The fourth-order valence-corrected chi connectivity index (χ4v) is 12.0. The van der Waals surface area contributed by atoms with Crippen molar-refractivity contribution < 1.29 is 57.7 Å². The molecule has 0 aliphatic heterocycles. The van der Waals surface area contributed by atoms with Crippen LogP contribution in [-0.4, -0.2) is 8.07 Å². The van der Waals surface area contributed by atoms with Crippen molar-refractivity contribution in [3.05, 3.63) is 49.5 Å². The summed E-state index contributed by atoms with van der Waals surface area (Å²) >= 11 is 2.40. The van der Waals surface area contributed by atoms with E-state index >= 15 is 0 Å². The number of hydrogen-bond acceptors (Lipinski definition) is 0. The number of allylic oxidation sites excluding steroid dienone is 4. The molecule has 156 valence electrons. The summed E-state index contributed by atoms with van der Waals surface area (Å²) < 4.78 is 1.65. The van der Waals surface area contributed by atoms with E-state index in [4.69, 9.17) is 0 Å². The smallest absolute Gasteiger partial charge is 1.00 e. The number of rotatable bonds is 7. The molecule has 0 fully saturated rings. The van der Waals surface area contributed by atoms with Gasteiger partial charge in [0.2, 0.25) is 0 Å². The summed E-state index contributed by atoms with van der Waals surface area (Å²) in [5, 5.41) is 3.52. The molecule has 1 aromatic rings. The molecule has 28 heavy (non-hydrogen) atoms. The second-order valence-electron chi connectivity index (χ2n) is 8.24. The van der Waals surface area contributed by atoms with Crippen LogP contribution < -0.4 is 42.4 Å². The van der Waals surface area contributed by atoms with Crippen LogP contribution in [0.5, 0.6) is 0 Å². The van der Waals surface area contributed by atoms with E-state index in [1.165, 1.54) is 48.4 Å². The van der Waals surface area contributed by atoms with Gasteiger partial charge < -0.3 is 37.2 Å². The second kappa shape index (κ2) is 13.0. The zero-order chi connectivity index (χ0) is 18.8. The van der Waals surface area contributed by atoms with E-state index in [0.29, 0.717) is 5.92 Å². The molecule has 1 aliphatic carbocycles. The fourth-order valence-electron chi connectivity index (χ4n) is 4.87. The normalized spacial score (nSPS) is 16.4. The minimum atomic E-state index is -1.72. The SMILES string of the molecule is CCCC[Si](C)(C1=[C]([Ti+3])CC=C1C(C)CC)c1c(C)cc(C)cc1C.[Cl-].[Cl-].[Cl-]. The van der Waals surface area contributed by atoms with E-state index in [1.807, 2.05) is 0 Å². The summed E-state index contributed by atoms with van der Waals surface area (Å²) in [5.74, 6) is 0.687. The van der Waals surface area contributed by atoms with Crippen molar-refractivity contribution >= 4 is 13.3 Å². The molecule has 5 heteroatoms. The summed E-state index contributed by atoms with van der Waals surface area (Å²) in [7, 11) is -1.72. The van der Waals surface area contributed by atoms with Crippen LogP contribution in [0.3, 0.4) is 0 Å². The number of halogens is 3. The van der Waals surface area contributed by atoms with Gasteiger partial charge in [-0.25, -0.2) is 0 Å². The second-order valence-corrected chi connectivity index (χ2v) is 13.3. The molecule has 0 N–H and O–H groups in total. The molecule has 0 saturated carbocycles. The summed E-state index contributed by atoms with van der Waals surface area (Å²) in [6.07, 6.45) is 7.61. The van der Waals surface area contributed by atoms with Crippen LogP contribution in [0.4, 0.5) is 0 Å². The number of benzene rings is 1. The topological polar surface area (TPSA) is 0 Å². The minimum absolute atomic E-state index is 0. The molecule has 1 aliphatic rings. The summed E-state index contributed by atoms with van der Waals surface area (Å²) in [5.41, 5.74) is 6.14. The molecule has 0 heterocycles. The Morgan fingerprint density at radius 3 is 2.04 bits per heavy atom. The van der Waals surface area contributed by atoms with Crippen molar-refractivity contribution in [1.29, 1.82) is 0 Å². The maximum absolute atomic E-state index is 2.66. The molecule has 2 atom stereocenters. The average molecular weight is 494 g/mol. The number of aryl methyl sites for hydroxylation is 3. The zero-order valence-corrected chi connectivity index (χ0v) is 23.3. The van der Waals surface area contributed by atoms with Crippen LogP contribution in [0.25, 0.3) is 0 Å². The van der Waals surface area contributed by atoms with Gasteiger partial charge in [0.15, 0.2) is 0 Å². The molecule has 0 nitrogen and oxygen atoms in total. The van der Waals surface area contributed by atoms with Crippen molar-refractivity contribution in [2.24, 2.45) is 5.92 Å². The van der Waals surface area contributed by atoms with Crippen LogP contribution >= 0.6 is 0 Å².